The number of hydrogen-bond acceptors (Lipinski definition) is 4. The summed E-state index contributed by atoms with van der Waals surface area (Å²) in [6.45, 7) is 5.93. The number of nitrogens with zero attached hydrogens (tertiary/aromatic N) is 2. The molecule has 0 bridgehead atoms. The zero-order chi connectivity index (χ0) is 20.3. The van der Waals surface area contributed by atoms with Crippen LogP contribution in [0.5, 0.6) is 5.75 Å². The van der Waals surface area contributed by atoms with Gasteiger partial charge in [-0.2, -0.15) is 0 Å². The third kappa shape index (κ3) is 4.22. The van der Waals surface area contributed by atoms with Crippen LogP contribution in [0, 0.1) is 19.7 Å². The molecule has 0 N–H and O–H groups in total. The first-order chi connectivity index (χ1) is 13.4. The number of carbonyl (C=O) groups is 1. The van der Waals surface area contributed by atoms with Crippen molar-refractivity contribution in [2.24, 2.45) is 0 Å². The molecule has 1 heterocycles. The summed E-state index contributed by atoms with van der Waals surface area (Å²) < 4.78 is 24.1. The van der Waals surface area contributed by atoms with Crippen molar-refractivity contribution in [2.45, 2.75) is 33.4 Å². The van der Waals surface area contributed by atoms with Crippen LogP contribution < -0.4 is 4.74 Å². The van der Waals surface area contributed by atoms with Crippen molar-refractivity contribution < 1.29 is 18.4 Å². The zero-order valence-electron chi connectivity index (χ0n) is 16.4. The van der Waals surface area contributed by atoms with Gasteiger partial charge in [-0.05, 0) is 56.7 Å². The van der Waals surface area contributed by atoms with Crippen LogP contribution in [-0.4, -0.2) is 23.0 Å². The van der Waals surface area contributed by atoms with Crippen LogP contribution in [0.4, 0.5) is 4.39 Å². The van der Waals surface area contributed by atoms with E-state index in [2.05, 4.69) is 5.16 Å². The van der Waals surface area contributed by atoms with E-state index in [1.807, 2.05) is 20.8 Å². The largest absolute Gasteiger partial charge is 0.489 e. The third-order valence-corrected chi connectivity index (χ3v) is 4.90. The fourth-order valence-corrected chi connectivity index (χ4v) is 2.93. The summed E-state index contributed by atoms with van der Waals surface area (Å²) in [5, 5.41) is 3.91. The molecule has 0 spiro atoms. The van der Waals surface area contributed by atoms with Gasteiger partial charge in [-0.3, -0.25) is 4.79 Å². The third-order valence-electron chi connectivity index (χ3n) is 4.90. The SMILES string of the molecule is Cc1noc(C)c1COc1cccc(C(=O)N(C)C(C)c2ccc(F)cc2)c1. The van der Waals surface area contributed by atoms with E-state index in [0.717, 1.165) is 22.6 Å². The average molecular weight is 382 g/mol. The van der Waals surface area contributed by atoms with E-state index in [1.54, 1.807) is 48.3 Å². The van der Waals surface area contributed by atoms with E-state index in [1.165, 1.54) is 12.1 Å². The number of amides is 1. The van der Waals surface area contributed by atoms with Crippen molar-refractivity contribution in [3.05, 3.63) is 82.5 Å². The van der Waals surface area contributed by atoms with Crippen LogP contribution in [-0.2, 0) is 6.61 Å². The second-order valence-corrected chi connectivity index (χ2v) is 6.76. The van der Waals surface area contributed by atoms with Crippen LogP contribution >= 0.6 is 0 Å². The Labute approximate surface area is 163 Å². The van der Waals surface area contributed by atoms with Gasteiger partial charge in [0.1, 0.15) is 23.9 Å². The van der Waals surface area contributed by atoms with Crippen molar-refractivity contribution in [1.29, 1.82) is 0 Å². The van der Waals surface area contributed by atoms with E-state index in [9.17, 15) is 9.18 Å². The van der Waals surface area contributed by atoms with Gasteiger partial charge in [0.05, 0.1) is 17.3 Å². The molecule has 1 atom stereocenters. The molecule has 0 aliphatic heterocycles. The lowest BCUT2D eigenvalue weighted by Gasteiger charge is -2.25. The number of aryl methyl sites for hydroxylation is 2. The Morgan fingerprint density at radius 2 is 1.93 bits per heavy atom. The van der Waals surface area contributed by atoms with E-state index in [4.69, 9.17) is 9.26 Å². The number of hydrogen-bond donors (Lipinski definition) is 0. The summed E-state index contributed by atoms with van der Waals surface area (Å²) >= 11 is 0. The second kappa shape index (κ2) is 8.25. The van der Waals surface area contributed by atoms with Gasteiger partial charge >= 0.3 is 0 Å². The lowest BCUT2D eigenvalue weighted by atomic mass is 10.1. The van der Waals surface area contributed by atoms with Gasteiger partial charge in [-0.15, -0.1) is 0 Å². The molecule has 0 fully saturated rings. The highest BCUT2D eigenvalue weighted by atomic mass is 19.1. The summed E-state index contributed by atoms with van der Waals surface area (Å²) in [7, 11) is 1.73. The van der Waals surface area contributed by atoms with Gasteiger partial charge in [-0.1, -0.05) is 23.4 Å². The lowest BCUT2D eigenvalue weighted by molar-refractivity contribution is 0.0742. The van der Waals surface area contributed by atoms with Gasteiger partial charge in [0.15, 0.2) is 0 Å². The van der Waals surface area contributed by atoms with E-state index in [-0.39, 0.29) is 17.8 Å². The van der Waals surface area contributed by atoms with Gasteiger partial charge < -0.3 is 14.2 Å². The monoisotopic (exact) mass is 382 g/mol. The molecule has 28 heavy (non-hydrogen) atoms. The highest BCUT2D eigenvalue weighted by Crippen LogP contribution is 2.23. The Bertz CT molecular complexity index is 947. The summed E-state index contributed by atoms with van der Waals surface area (Å²) in [5.41, 5.74) is 3.08. The standard InChI is InChI=1S/C22H23FN2O3/c1-14-21(16(3)28-24-14)13-27-20-7-5-6-18(12-20)22(26)25(4)15(2)17-8-10-19(23)11-9-17/h5-12,15H,13H2,1-4H3. The first kappa shape index (κ1) is 19.6. The molecule has 0 aliphatic carbocycles. The van der Waals surface area contributed by atoms with Crippen LogP contribution in [0.3, 0.4) is 0 Å². The Morgan fingerprint density at radius 3 is 2.57 bits per heavy atom. The number of aromatic nitrogens is 1. The van der Waals surface area contributed by atoms with Crippen LogP contribution in [0.2, 0.25) is 0 Å². The number of carbonyl (C=O) groups excluding carboxylic acids is 1. The van der Waals surface area contributed by atoms with E-state index in [0.29, 0.717) is 17.9 Å². The van der Waals surface area contributed by atoms with Crippen LogP contribution in [0.15, 0.2) is 53.1 Å². The first-order valence-corrected chi connectivity index (χ1v) is 9.04. The normalized spacial score (nSPS) is 11.9. The first-order valence-electron chi connectivity index (χ1n) is 9.04. The number of benzene rings is 2. The maximum absolute atomic E-state index is 13.1. The minimum absolute atomic E-state index is 0.139. The smallest absolute Gasteiger partial charge is 0.254 e. The van der Waals surface area contributed by atoms with Gasteiger partial charge in [0.25, 0.3) is 5.91 Å². The Balaban J connectivity index is 1.71. The van der Waals surface area contributed by atoms with E-state index < -0.39 is 0 Å². The molecule has 6 heteroatoms. The molecule has 1 aromatic heterocycles. The highest BCUT2D eigenvalue weighted by Gasteiger charge is 2.19. The van der Waals surface area contributed by atoms with Gasteiger partial charge in [0, 0.05) is 12.6 Å². The average Bonchev–Trinajstić information content (AvgIpc) is 3.03. The molecule has 0 aliphatic rings. The Morgan fingerprint density at radius 1 is 1.21 bits per heavy atom. The maximum Gasteiger partial charge on any atom is 0.254 e. The quantitative estimate of drug-likeness (QED) is 0.612. The highest BCUT2D eigenvalue weighted by molar-refractivity contribution is 5.94. The Kier molecular flexibility index (Phi) is 5.78. The summed E-state index contributed by atoms with van der Waals surface area (Å²) in [6.07, 6.45) is 0. The molecule has 3 rings (SSSR count). The van der Waals surface area contributed by atoms with Crippen LogP contribution in [0.25, 0.3) is 0 Å². The topological polar surface area (TPSA) is 55.6 Å². The molecule has 146 valence electrons. The van der Waals surface area contributed by atoms with Gasteiger partial charge in [-0.25, -0.2) is 4.39 Å². The van der Waals surface area contributed by atoms with Crippen molar-refractivity contribution in [2.75, 3.05) is 7.05 Å². The molecule has 2 aromatic carbocycles. The number of halogens is 1. The molecule has 1 amide bonds. The number of rotatable bonds is 6. The van der Waals surface area contributed by atoms with E-state index >= 15 is 0 Å². The summed E-state index contributed by atoms with van der Waals surface area (Å²) in [6, 6.07) is 13.0. The molecule has 0 saturated carbocycles. The minimum Gasteiger partial charge on any atom is -0.489 e. The van der Waals surface area contributed by atoms with Crippen molar-refractivity contribution in [3.63, 3.8) is 0 Å². The summed E-state index contributed by atoms with van der Waals surface area (Å²) in [4.78, 5) is 14.5. The molecular weight excluding hydrogens is 359 g/mol. The zero-order valence-corrected chi connectivity index (χ0v) is 16.4. The van der Waals surface area contributed by atoms with Crippen molar-refractivity contribution >= 4 is 5.91 Å². The van der Waals surface area contributed by atoms with Crippen molar-refractivity contribution in [3.8, 4) is 5.75 Å². The summed E-state index contributed by atoms with van der Waals surface area (Å²) in [5.74, 6) is 0.874. The predicted molar refractivity (Wildman–Crippen MR) is 104 cm³/mol. The maximum atomic E-state index is 13.1. The molecule has 0 saturated heterocycles. The molecule has 5 nitrogen and oxygen atoms in total. The predicted octanol–water partition coefficient (Wildman–Crippen LogP) is 4.84. The van der Waals surface area contributed by atoms with Gasteiger partial charge in [0.2, 0.25) is 0 Å². The Hall–Kier alpha value is -3.15. The minimum atomic E-state index is -0.298. The fourth-order valence-electron chi connectivity index (χ4n) is 2.93. The molecule has 3 aromatic rings. The molecular formula is C22H23FN2O3. The van der Waals surface area contributed by atoms with Crippen LogP contribution in [0.1, 0.15) is 45.9 Å². The fraction of sp³-hybridized carbons (Fsp3) is 0.273. The second-order valence-electron chi connectivity index (χ2n) is 6.76. The lowest BCUT2D eigenvalue weighted by Crippen LogP contribution is -2.29. The van der Waals surface area contributed by atoms with Crippen molar-refractivity contribution in [1.82, 2.24) is 10.1 Å². The molecule has 1 unspecified atom stereocenters. The molecule has 0 radical (unpaired) electrons. The number of ether oxygens (including phenoxy) is 1.